The molecule has 0 fully saturated rings. The van der Waals surface area contributed by atoms with Gasteiger partial charge in [0, 0.05) is 16.6 Å². The number of rotatable bonds is 2. The zero-order valence-electron chi connectivity index (χ0n) is 10.2. The van der Waals surface area contributed by atoms with Crippen LogP contribution in [-0.4, -0.2) is 16.5 Å². The van der Waals surface area contributed by atoms with Crippen LogP contribution in [0.5, 0.6) is 5.75 Å². The second kappa shape index (κ2) is 4.03. The van der Waals surface area contributed by atoms with E-state index in [1.807, 2.05) is 41.0 Å². The minimum absolute atomic E-state index is 0.678. The van der Waals surface area contributed by atoms with Crippen LogP contribution in [0, 0.1) is 6.92 Å². The number of aryl methyl sites for hydroxylation is 1. The van der Waals surface area contributed by atoms with Crippen molar-refractivity contribution in [3.63, 3.8) is 0 Å². The van der Waals surface area contributed by atoms with E-state index < -0.39 is 0 Å². The van der Waals surface area contributed by atoms with Gasteiger partial charge in [-0.25, -0.2) is 4.98 Å². The summed E-state index contributed by atoms with van der Waals surface area (Å²) in [7, 11) is 1.65. The number of nitrogens with two attached hydrogens (primary N) is 1. The molecule has 0 amide bonds. The minimum atomic E-state index is 0.678. The fourth-order valence-corrected chi connectivity index (χ4v) is 2.88. The molecule has 4 nitrogen and oxygen atoms in total. The van der Waals surface area contributed by atoms with Crippen molar-refractivity contribution in [2.24, 2.45) is 0 Å². The quantitative estimate of drug-likeness (QED) is 0.769. The zero-order chi connectivity index (χ0) is 12.7. The Morgan fingerprint density at radius 3 is 2.94 bits per heavy atom. The van der Waals surface area contributed by atoms with Crippen LogP contribution >= 0.6 is 11.3 Å². The van der Waals surface area contributed by atoms with Crippen LogP contribution in [-0.2, 0) is 0 Å². The molecule has 2 heterocycles. The van der Waals surface area contributed by atoms with E-state index in [9.17, 15) is 0 Å². The molecule has 0 aliphatic rings. The topological polar surface area (TPSA) is 52.5 Å². The summed E-state index contributed by atoms with van der Waals surface area (Å²) < 4.78 is 7.19. The Bertz CT molecular complexity index is 714. The van der Waals surface area contributed by atoms with Crippen LogP contribution in [0.1, 0.15) is 5.69 Å². The number of methoxy groups -OCH3 is 1. The zero-order valence-corrected chi connectivity index (χ0v) is 11.0. The van der Waals surface area contributed by atoms with E-state index in [0.29, 0.717) is 5.82 Å². The molecule has 18 heavy (non-hydrogen) atoms. The first-order chi connectivity index (χ1) is 8.70. The fraction of sp³-hybridized carbons (Fsp3) is 0.154. The molecule has 2 aromatic heterocycles. The Balaban J connectivity index is 2.21. The van der Waals surface area contributed by atoms with Crippen LogP contribution in [0.15, 0.2) is 29.6 Å². The van der Waals surface area contributed by atoms with Crippen molar-refractivity contribution in [3.8, 4) is 17.0 Å². The number of thiazole rings is 1. The predicted octanol–water partition coefficient (Wildman–Crippen LogP) is 2.96. The lowest BCUT2D eigenvalue weighted by atomic mass is 10.1. The van der Waals surface area contributed by atoms with Gasteiger partial charge in [0.2, 0.25) is 0 Å². The molecule has 5 heteroatoms. The summed E-state index contributed by atoms with van der Waals surface area (Å²) in [4.78, 5) is 5.50. The van der Waals surface area contributed by atoms with Crippen molar-refractivity contribution in [1.29, 1.82) is 0 Å². The van der Waals surface area contributed by atoms with Crippen molar-refractivity contribution >= 4 is 22.1 Å². The number of fused-ring (bicyclic) bond motifs is 1. The average Bonchev–Trinajstić information content (AvgIpc) is 2.91. The molecule has 0 atom stereocenters. The van der Waals surface area contributed by atoms with Gasteiger partial charge in [-0.3, -0.25) is 4.40 Å². The van der Waals surface area contributed by atoms with Gasteiger partial charge < -0.3 is 10.5 Å². The molecule has 0 spiro atoms. The highest BCUT2D eigenvalue weighted by Crippen LogP contribution is 2.31. The monoisotopic (exact) mass is 259 g/mol. The number of aromatic nitrogens is 2. The Hall–Kier alpha value is -2.01. The smallest absolute Gasteiger partial charge is 0.196 e. The van der Waals surface area contributed by atoms with Crippen molar-refractivity contribution in [2.75, 3.05) is 12.8 Å². The third-order valence-electron chi connectivity index (χ3n) is 2.91. The largest absolute Gasteiger partial charge is 0.497 e. The van der Waals surface area contributed by atoms with E-state index in [1.165, 1.54) is 0 Å². The summed E-state index contributed by atoms with van der Waals surface area (Å²) in [5.41, 5.74) is 9.06. The van der Waals surface area contributed by atoms with E-state index in [-0.39, 0.29) is 0 Å². The van der Waals surface area contributed by atoms with Crippen LogP contribution in [0.4, 0.5) is 5.82 Å². The summed E-state index contributed by atoms with van der Waals surface area (Å²) in [6, 6.07) is 7.77. The van der Waals surface area contributed by atoms with E-state index in [1.54, 1.807) is 18.4 Å². The summed E-state index contributed by atoms with van der Waals surface area (Å²) in [6.07, 6.45) is 0. The number of anilines is 1. The number of hydrogen-bond donors (Lipinski definition) is 1. The maximum atomic E-state index is 6.17. The Kier molecular flexibility index (Phi) is 2.48. The van der Waals surface area contributed by atoms with Gasteiger partial charge >= 0.3 is 0 Å². The molecule has 1 aromatic carbocycles. The number of ether oxygens (including phenoxy) is 1. The predicted molar refractivity (Wildman–Crippen MR) is 74.2 cm³/mol. The SMILES string of the molecule is COc1cccc(-c2nc3scc(C)n3c2N)c1. The number of nitrogen functional groups attached to an aromatic ring is 1. The second-order valence-electron chi connectivity index (χ2n) is 4.07. The standard InChI is InChI=1S/C13H13N3OS/c1-8-7-18-13-15-11(12(14)16(8)13)9-4-3-5-10(6-9)17-2/h3-7H,14H2,1-2H3. The number of benzene rings is 1. The van der Waals surface area contributed by atoms with Crippen molar-refractivity contribution in [1.82, 2.24) is 9.38 Å². The van der Waals surface area contributed by atoms with E-state index >= 15 is 0 Å². The summed E-state index contributed by atoms with van der Waals surface area (Å²) in [5.74, 6) is 1.48. The fourth-order valence-electron chi connectivity index (χ4n) is 2.01. The third-order valence-corrected chi connectivity index (χ3v) is 3.86. The van der Waals surface area contributed by atoms with Crippen LogP contribution in [0.25, 0.3) is 16.2 Å². The van der Waals surface area contributed by atoms with Gasteiger partial charge in [-0.2, -0.15) is 0 Å². The maximum absolute atomic E-state index is 6.17. The van der Waals surface area contributed by atoms with Crippen LogP contribution in [0.3, 0.4) is 0 Å². The lowest BCUT2D eigenvalue weighted by Gasteiger charge is -2.03. The molecule has 92 valence electrons. The van der Waals surface area contributed by atoms with Crippen LogP contribution < -0.4 is 10.5 Å². The van der Waals surface area contributed by atoms with Crippen molar-refractivity contribution in [3.05, 3.63) is 35.3 Å². The highest BCUT2D eigenvalue weighted by molar-refractivity contribution is 7.15. The summed E-state index contributed by atoms with van der Waals surface area (Å²) >= 11 is 1.59. The lowest BCUT2D eigenvalue weighted by Crippen LogP contribution is -1.95. The molecular formula is C13H13N3OS. The Morgan fingerprint density at radius 1 is 1.39 bits per heavy atom. The molecule has 0 saturated carbocycles. The average molecular weight is 259 g/mol. The van der Waals surface area contributed by atoms with Gasteiger partial charge in [0.05, 0.1) is 7.11 Å². The number of imidazole rings is 1. The van der Waals surface area contributed by atoms with E-state index in [2.05, 4.69) is 4.98 Å². The first-order valence-electron chi connectivity index (χ1n) is 5.57. The molecule has 0 aliphatic carbocycles. The van der Waals surface area contributed by atoms with Gasteiger partial charge in [-0.1, -0.05) is 12.1 Å². The van der Waals surface area contributed by atoms with E-state index in [0.717, 1.165) is 27.7 Å². The summed E-state index contributed by atoms with van der Waals surface area (Å²) in [5, 5.41) is 2.05. The van der Waals surface area contributed by atoms with Gasteiger partial charge in [0.15, 0.2) is 4.96 Å². The van der Waals surface area contributed by atoms with Gasteiger partial charge in [0.25, 0.3) is 0 Å². The van der Waals surface area contributed by atoms with Crippen molar-refractivity contribution in [2.45, 2.75) is 6.92 Å². The lowest BCUT2D eigenvalue weighted by molar-refractivity contribution is 0.415. The first kappa shape index (κ1) is 11.1. The van der Waals surface area contributed by atoms with Gasteiger partial charge in [-0.05, 0) is 19.1 Å². The normalized spacial score (nSPS) is 11.0. The van der Waals surface area contributed by atoms with E-state index in [4.69, 9.17) is 10.5 Å². The molecule has 0 saturated heterocycles. The highest BCUT2D eigenvalue weighted by atomic mass is 32.1. The van der Waals surface area contributed by atoms with Crippen LogP contribution in [0.2, 0.25) is 0 Å². The van der Waals surface area contributed by atoms with Gasteiger partial charge in [-0.15, -0.1) is 11.3 Å². The minimum Gasteiger partial charge on any atom is -0.497 e. The molecule has 2 N–H and O–H groups in total. The molecule has 3 aromatic rings. The Morgan fingerprint density at radius 2 is 2.22 bits per heavy atom. The molecule has 3 rings (SSSR count). The first-order valence-corrected chi connectivity index (χ1v) is 6.45. The number of hydrogen-bond acceptors (Lipinski definition) is 4. The maximum Gasteiger partial charge on any atom is 0.196 e. The highest BCUT2D eigenvalue weighted by Gasteiger charge is 2.14. The third kappa shape index (κ3) is 1.55. The summed E-state index contributed by atoms with van der Waals surface area (Å²) in [6.45, 7) is 2.02. The number of nitrogens with zero attached hydrogens (tertiary/aromatic N) is 2. The second-order valence-corrected chi connectivity index (χ2v) is 4.91. The van der Waals surface area contributed by atoms with Gasteiger partial charge in [0.1, 0.15) is 17.3 Å². The molecule has 0 radical (unpaired) electrons. The molecule has 0 unspecified atom stereocenters. The van der Waals surface area contributed by atoms with Crippen molar-refractivity contribution < 1.29 is 4.74 Å². The Labute approximate surface area is 109 Å². The molecular weight excluding hydrogens is 246 g/mol. The molecule has 0 bridgehead atoms. The molecule has 0 aliphatic heterocycles.